The minimum Gasteiger partial charge on any atom is -0.356 e. The molecule has 0 bridgehead atoms. The predicted octanol–water partition coefficient (Wildman–Crippen LogP) is 3.22. The van der Waals surface area contributed by atoms with Gasteiger partial charge >= 0.3 is 0 Å². The Morgan fingerprint density at radius 2 is 2.11 bits per heavy atom. The zero-order valence-corrected chi connectivity index (χ0v) is 11.8. The zero-order chi connectivity index (χ0) is 13.1. The van der Waals surface area contributed by atoms with E-state index in [4.69, 9.17) is 11.6 Å². The molecular weight excluding hydrogens is 280 g/mol. The van der Waals surface area contributed by atoms with Crippen LogP contribution in [0.3, 0.4) is 0 Å². The Hall–Kier alpha value is -1.59. The lowest BCUT2D eigenvalue weighted by molar-refractivity contribution is 0.740. The molecule has 98 valence electrons. The number of benzene rings is 1. The van der Waals surface area contributed by atoms with Crippen LogP contribution in [0.5, 0.6) is 0 Å². The molecule has 2 aromatic rings. The number of halogens is 1. The Morgan fingerprint density at radius 3 is 2.84 bits per heavy atom. The van der Waals surface area contributed by atoms with E-state index in [9.17, 15) is 0 Å². The molecule has 0 atom stereocenters. The van der Waals surface area contributed by atoms with E-state index in [1.807, 2.05) is 29.6 Å². The van der Waals surface area contributed by atoms with E-state index in [0.29, 0.717) is 0 Å². The van der Waals surface area contributed by atoms with Crippen molar-refractivity contribution in [1.29, 1.82) is 0 Å². The molecule has 0 saturated heterocycles. The van der Waals surface area contributed by atoms with Gasteiger partial charge in [-0.2, -0.15) is 0 Å². The lowest BCUT2D eigenvalue weighted by Crippen LogP contribution is -2.35. The quantitative estimate of drug-likeness (QED) is 0.893. The summed E-state index contributed by atoms with van der Waals surface area (Å²) in [5.41, 5.74) is 2.01. The molecule has 6 heteroatoms. The third kappa shape index (κ3) is 3.05. The summed E-state index contributed by atoms with van der Waals surface area (Å²) in [5.74, 6) is 0.809. The SMILES string of the molecule is Clc1ccc(-c2csc(NC3=NCCCN3)n2)cc1. The number of aliphatic imine (C=N–C) groups is 1. The lowest BCUT2D eigenvalue weighted by atomic mass is 10.2. The fourth-order valence-electron chi connectivity index (χ4n) is 1.80. The Balaban J connectivity index is 1.75. The number of thiazole rings is 1. The van der Waals surface area contributed by atoms with E-state index in [1.54, 1.807) is 11.3 Å². The van der Waals surface area contributed by atoms with E-state index in [-0.39, 0.29) is 0 Å². The number of guanidine groups is 1. The van der Waals surface area contributed by atoms with Gasteiger partial charge in [-0.25, -0.2) is 4.98 Å². The van der Waals surface area contributed by atoms with Gasteiger partial charge in [0, 0.05) is 29.1 Å². The predicted molar refractivity (Wildman–Crippen MR) is 81.1 cm³/mol. The van der Waals surface area contributed by atoms with Crippen LogP contribution in [0.2, 0.25) is 5.02 Å². The van der Waals surface area contributed by atoms with Crippen molar-refractivity contribution in [3.63, 3.8) is 0 Å². The third-order valence-corrected chi connectivity index (χ3v) is 3.78. The van der Waals surface area contributed by atoms with Crippen molar-refractivity contribution in [2.24, 2.45) is 4.99 Å². The molecular formula is C13H13ClN4S. The second kappa shape index (κ2) is 5.59. The number of anilines is 1. The first-order chi connectivity index (χ1) is 9.31. The molecule has 1 aromatic carbocycles. The van der Waals surface area contributed by atoms with E-state index >= 15 is 0 Å². The number of hydrogen-bond donors (Lipinski definition) is 2. The summed E-state index contributed by atoms with van der Waals surface area (Å²) < 4.78 is 0. The summed E-state index contributed by atoms with van der Waals surface area (Å²) in [6, 6.07) is 7.68. The molecule has 0 fully saturated rings. The van der Waals surface area contributed by atoms with E-state index in [0.717, 1.165) is 46.9 Å². The number of aromatic nitrogens is 1. The van der Waals surface area contributed by atoms with Gasteiger partial charge < -0.3 is 10.6 Å². The van der Waals surface area contributed by atoms with Gasteiger partial charge in [-0.05, 0) is 18.6 Å². The molecule has 0 saturated carbocycles. The molecule has 1 aliphatic rings. The van der Waals surface area contributed by atoms with Crippen molar-refractivity contribution in [1.82, 2.24) is 10.3 Å². The summed E-state index contributed by atoms with van der Waals surface area (Å²) >= 11 is 7.45. The summed E-state index contributed by atoms with van der Waals surface area (Å²) in [6.07, 6.45) is 1.08. The molecule has 2 heterocycles. The molecule has 4 nitrogen and oxygen atoms in total. The largest absolute Gasteiger partial charge is 0.356 e. The maximum absolute atomic E-state index is 5.88. The van der Waals surface area contributed by atoms with Crippen LogP contribution in [0.4, 0.5) is 5.13 Å². The highest BCUT2D eigenvalue weighted by Crippen LogP contribution is 2.25. The summed E-state index contributed by atoms with van der Waals surface area (Å²) in [5, 5.41) is 10.0. The summed E-state index contributed by atoms with van der Waals surface area (Å²) in [4.78, 5) is 8.91. The highest BCUT2D eigenvalue weighted by Gasteiger charge is 2.08. The number of nitrogens with one attached hydrogen (secondary N) is 2. The summed E-state index contributed by atoms with van der Waals surface area (Å²) in [6.45, 7) is 1.83. The minimum atomic E-state index is 0.734. The number of rotatable bonds is 2. The van der Waals surface area contributed by atoms with Crippen LogP contribution in [0.15, 0.2) is 34.6 Å². The topological polar surface area (TPSA) is 49.3 Å². The van der Waals surface area contributed by atoms with Gasteiger partial charge in [-0.3, -0.25) is 4.99 Å². The maximum Gasteiger partial charge on any atom is 0.197 e. The van der Waals surface area contributed by atoms with Crippen LogP contribution < -0.4 is 10.6 Å². The molecule has 3 rings (SSSR count). The molecule has 1 aromatic heterocycles. The van der Waals surface area contributed by atoms with Crippen molar-refractivity contribution in [2.75, 3.05) is 18.4 Å². The molecule has 0 spiro atoms. The normalized spacial score (nSPS) is 14.7. The monoisotopic (exact) mass is 292 g/mol. The summed E-state index contributed by atoms with van der Waals surface area (Å²) in [7, 11) is 0. The van der Waals surface area contributed by atoms with Crippen LogP contribution in [0, 0.1) is 0 Å². The Kier molecular flexibility index (Phi) is 3.66. The Labute approximate surface area is 120 Å². The number of nitrogens with zero attached hydrogens (tertiary/aromatic N) is 2. The van der Waals surface area contributed by atoms with Crippen LogP contribution in [0.1, 0.15) is 6.42 Å². The van der Waals surface area contributed by atoms with Crippen molar-refractivity contribution < 1.29 is 0 Å². The minimum absolute atomic E-state index is 0.734. The Bertz CT molecular complexity index is 591. The van der Waals surface area contributed by atoms with Gasteiger partial charge in [0.05, 0.1) is 5.69 Å². The second-order valence-electron chi connectivity index (χ2n) is 4.18. The van der Waals surface area contributed by atoms with Crippen molar-refractivity contribution >= 4 is 34.0 Å². The van der Waals surface area contributed by atoms with Gasteiger partial charge in [0.25, 0.3) is 0 Å². The van der Waals surface area contributed by atoms with Crippen LogP contribution >= 0.6 is 22.9 Å². The molecule has 0 radical (unpaired) electrons. The standard InChI is InChI=1S/C13H13ClN4S/c14-10-4-2-9(3-5-10)11-8-19-13(17-11)18-12-15-6-1-7-16-12/h2-5,8H,1,6-7H2,(H2,15,16,17,18). The molecule has 19 heavy (non-hydrogen) atoms. The average molecular weight is 293 g/mol. The number of hydrogen-bond acceptors (Lipinski definition) is 5. The maximum atomic E-state index is 5.88. The first-order valence-electron chi connectivity index (χ1n) is 6.08. The van der Waals surface area contributed by atoms with Gasteiger partial charge in [0.1, 0.15) is 0 Å². The van der Waals surface area contributed by atoms with Gasteiger partial charge in [-0.1, -0.05) is 23.7 Å². The smallest absolute Gasteiger partial charge is 0.197 e. The Morgan fingerprint density at radius 1 is 1.26 bits per heavy atom. The van der Waals surface area contributed by atoms with E-state index in [2.05, 4.69) is 20.6 Å². The van der Waals surface area contributed by atoms with Gasteiger partial charge in [0.2, 0.25) is 0 Å². The lowest BCUT2D eigenvalue weighted by Gasteiger charge is -2.14. The van der Waals surface area contributed by atoms with Gasteiger partial charge in [-0.15, -0.1) is 11.3 Å². The van der Waals surface area contributed by atoms with Crippen LogP contribution in [-0.2, 0) is 0 Å². The average Bonchev–Trinajstić information content (AvgIpc) is 2.89. The van der Waals surface area contributed by atoms with Gasteiger partial charge in [0.15, 0.2) is 11.1 Å². The highest BCUT2D eigenvalue weighted by molar-refractivity contribution is 7.14. The second-order valence-corrected chi connectivity index (χ2v) is 5.47. The first-order valence-corrected chi connectivity index (χ1v) is 7.34. The molecule has 2 N–H and O–H groups in total. The third-order valence-electron chi connectivity index (χ3n) is 2.77. The van der Waals surface area contributed by atoms with Crippen molar-refractivity contribution in [3.8, 4) is 11.3 Å². The van der Waals surface area contributed by atoms with E-state index in [1.165, 1.54) is 0 Å². The zero-order valence-electron chi connectivity index (χ0n) is 10.2. The molecule has 1 aliphatic heterocycles. The van der Waals surface area contributed by atoms with Crippen LogP contribution in [0.25, 0.3) is 11.3 Å². The fraction of sp³-hybridized carbons (Fsp3) is 0.231. The van der Waals surface area contributed by atoms with Crippen LogP contribution in [-0.4, -0.2) is 24.0 Å². The van der Waals surface area contributed by atoms with Crippen molar-refractivity contribution in [3.05, 3.63) is 34.7 Å². The molecule has 0 amide bonds. The first kappa shape index (κ1) is 12.4. The fourth-order valence-corrected chi connectivity index (χ4v) is 2.65. The van der Waals surface area contributed by atoms with Crippen molar-refractivity contribution in [2.45, 2.75) is 6.42 Å². The van der Waals surface area contributed by atoms with E-state index < -0.39 is 0 Å². The molecule has 0 aliphatic carbocycles. The molecule has 0 unspecified atom stereocenters. The highest BCUT2D eigenvalue weighted by atomic mass is 35.5.